The van der Waals surface area contributed by atoms with E-state index in [1.54, 1.807) is 0 Å². The molecule has 0 aromatic carbocycles. The van der Waals surface area contributed by atoms with Crippen LogP contribution < -0.4 is 51.4 Å². The van der Waals surface area contributed by atoms with Gasteiger partial charge in [0.1, 0.15) is 0 Å². The molecule has 0 atom stereocenters. The minimum Gasteiger partial charge on any atom is -0.418 e. The Morgan fingerprint density at radius 3 is 0.957 bits per heavy atom. The molecule has 23 heavy (non-hydrogen) atoms. The Hall–Kier alpha value is 0.991. The molecule has 0 aliphatic heterocycles. The maximum absolute atomic E-state index is 9.75. The molecule has 0 bridgehead atoms. The van der Waals surface area contributed by atoms with E-state index < -0.39 is 21.8 Å². The van der Waals surface area contributed by atoms with Crippen LogP contribution in [0.25, 0.3) is 0 Å². The van der Waals surface area contributed by atoms with Crippen molar-refractivity contribution in [3.05, 3.63) is 6.42 Å². The fourth-order valence-corrected chi connectivity index (χ4v) is 0.598. The molecule has 0 spiro atoms. The third-order valence-corrected chi connectivity index (χ3v) is 1.10. The van der Waals surface area contributed by atoms with Gasteiger partial charge in [-0.1, -0.05) is 26.2 Å². The molecular formula is C7H15B3F12K-3. The Kier molecular flexibility index (Phi) is 29.5. The van der Waals surface area contributed by atoms with E-state index in [0.717, 1.165) is 0 Å². The molecule has 0 aliphatic rings. The first-order chi connectivity index (χ1) is 9.41. The molecule has 0 N–H and O–H groups in total. The van der Waals surface area contributed by atoms with Gasteiger partial charge in [0.25, 0.3) is 0 Å². The van der Waals surface area contributed by atoms with Crippen LogP contribution in [0.4, 0.5) is 51.8 Å². The zero-order chi connectivity index (χ0) is 19.0. The molecule has 16 heteroatoms. The molecule has 0 saturated heterocycles. The van der Waals surface area contributed by atoms with E-state index in [0.29, 0.717) is 0 Å². The van der Waals surface area contributed by atoms with Crippen LogP contribution in [0.2, 0.25) is 0 Å². The summed E-state index contributed by atoms with van der Waals surface area (Å²) in [4.78, 5) is 0. The first kappa shape index (κ1) is 35.2. The number of hydrogen-bond donors (Lipinski definition) is 0. The zero-order valence-electron chi connectivity index (χ0n) is 12.7. The van der Waals surface area contributed by atoms with E-state index in [1.807, 2.05) is 0 Å². The molecular weight excluding hydrogens is 384 g/mol. The predicted octanol–water partition coefficient (Wildman–Crippen LogP) is 3.69. The molecule has 0 aromatic rings. The molecule has 0 saturated carbocycles. The molecule has 0 amide bonds. The third-order valence-electron chi connectivity index (χ3n) is 1.10. The summed E-state index contributed by atoms with van der Waals surface area (Å²) in [6, 6.07) is 0. The zero-order valence-corrected chi connectivity index (χ0v) is 15.8. The SMILES string of the molecule is C[CH-]CCCCC.F[B-](F)(F)F.F[B-](F)(F)F.F[B-](F)(F)F.[K+]. The Morgan fingerprint density at radius 2 is 0.826 bits per heavy atom. The largest absolute Gasteiger partial charge is 1.00 e. The van der Waals surface area contributed by atoms with Crippen molar-refractivity contribution in [2.24, 2.45) is 0 Å². The second-order valence-corrected chi connectivity index (χ2v) is 3.39. The van der Waals surface area contributed by atoms with Gasteiger partial charge in [-0.05, 0) is 0 Å². The van der Waals surface area contributed by atoms with Crippen molar-refractivity contribution in [1.82, 2.24) is 0 Å². The number of rotatable bonds is 4. The van der Waals surface area contributed by atoms with E-state index in [9.17, 15) is 51.8 Å². The van der Waals surface area contributed by atoms with Crippen LogP contribution in [0.5, 0.6) is 0 Å². The quantitative estimate of drug-likeness (QED) is 0.293. The van der Waals surface area contributed by atoms with Gasteiger partial charge in [0.2, 0.25) is 0 Å². The number of halogens is 12. The van der Waals surface area contributed by atoms with Crippen molar-refractivity contribution in [3.63, 3.8) is 0 Å². The summed E-state index contributed by atoms with van der Waals surface area (Å²) < 4.78 is 117. The molecule has 0 nitrogen and oxygen atoms in total. The summed E-state index contributed by atoms with van der Waals surface area (Å²) in [5, 5.41) is 0. The minimum absolute atomic E-state index is 0. The van der Waals surface area contributed by atoms with Crippen molar-refractivity contribution < 1.29 is 103 Å². The fraction of sp³-hybridized carbons (Fsp3) is 0.857. The maximum Gasteiger partial charge on any atom is 1.00 e. The van der Waals surface area contributed by atoms with Gasteiger partial charge in [0, 0.05) is 0 Å². The Balaban J connectivity index is -0.0000000625. The van der Waals surface area contributed by atoms with Crippen LogP contribution in [0.1, 0.15) is 39.5 Å². The number of unbranched alkanes of at least 4 members (excludes halogenated alkanes) is 4. The second-order valence-electron chi connectivity index (χ2n) is 3.39. The van der Waals surface area contributed by atoms with E-state index in [4.69, 9.17) is 0 Å². The summed E-state index contributed by atoms with van der Waals surface area (Å²) in [5.74, 6) is 0. The van der Waals surface area contributed by atoms with E-state index in [-0.39, 0.29) is 51.4 Å². The van der Waals surface area contributed by atoms with Crippen LogP contribution in [0.15, 0.2) is 0 Å². The number of hydrogen-bond acceptors (Lipinski definition) is 0. The van der Waals surface area contributed by atoms with Crippen LogP contribution in [0, 0.1) is 6.42 Å². The van der Waals surface area contributed by atoms with Crippen molar-refractivity contribution in [2.45, 2.75) is 39.5 Å². The van der Waals surface area contributed by atoms with Crippen LogP contribution in [0.3, 0.4) is 0 Å². The average molecular weight is 399 g/mol. The van der Waals surface area contributed by atoms with Gasteiger partial charge in [0.15, 0.2) is 0 Å². The predicted molar refractivity (Wildman–Crippen MR) is 64.7 cm³/mol. The summed E-state index contributed by atoms with van der Waals surface area (Å²) in [7, 11) is -18.0. The normalized spacial score (nSPS) is 10.7. The Morgan fingerprint density at radius 1 is 0.609 bits per heavy atom. The first-order valence-corrected chi connectivity index (χ1v) is 5.81. The molecule has 0 unspecified atom stereocenters. The Bertz CT molecular complexity index is 166. The van der Waals surface area contributed by atoms with Gasteiger partial charge >= 0.3 is 73.1 Å². The van der Waals surface area contributed by atoms with Gasteiger partial charge < -0.3 is 58.2 Å². The smallest absolute Gasteiger partial charge is 0.418 e. The Labute approximate surface area is 169 Å². The monoisotopic (exact) mass is 399 g/mol. The van der Waals surface area contributed by atoms with Gasteiger partial charge in [-0.2, -0.15) is 13.3 Å². The van der Waals surface area contributed by atoms with Gasteiger partial charge in [-0.15, -0.1) is 0 Å². The standard InChI is InChI=1S/C7H15.3BF4.K/c1-3-5-7-6-4-2;3*2-1(3,4)5;/h3H,4-7H2,1-2H3;;;;/q4*-1;+1. The molecule has 0 fully saturated rings. The summed E-state index contributed by atoms with van der Waals surface area (Å²) >= 11 is 0. The minimum atomic E-state index is -6.00. The average Bonchev–Trinajstić information content (AvgIpc) is 2.10. The molecule has 0 radical (unpaired) electrons. The van der Waals surface area contributed by atoms with Crippen molar-refractivity contribution in [2.75, 3.05) is 0 Å². The van der Waals surface area contributed by atoms with Crippen LogP contribution >= 0.6 is 0 Å². The van der Waals surface area contributed by atoms with Crippen LogP contribution in [-0.2, 0) is 0 Å². The molecule has 0 aliphatic carbocycles. The molecule has 0 heterocycles. The van der Waals surface area contributed by atoms with E-state index in [2.05, 4.69) is 20.3 Å². The molecule has 0 rings (SSSR count). The van der Waals surface area contributed by atoms with Crippen LogP contribution in [-0.4, -0.2) is 21.8 Å². The van der Waals surface area contributed by atoms with E-state index in [1.165, 1.54) is 25.7 Å². The summed E-state index contributed by atoms with van der Waals surface area (Å²) in [6.07, 6.45) is 7.65. The summed E-state index contributed by atoms with van der Waals surface area (Å²) in [5.41, 5.74) is 0. The van der Waals surface area contributed by atoms with Crippen molar-refractivity contribution in [3.8, 4) is 0 Å². The fourth-order valence-electron chi connectivity index (χ4n) is 0.598. The van der Waals surface area contributed by atoms with Crippen molar-refractivity contribution in [1.29, 1.82) is 0 Å². The molecule has 140 valence electrons. The van der Waals surface area contributed by atoms with E-state index >= 15 is 0 Å². The second kappa shape index (κ2) is 19.3. The third kappa shape index (κ3) is 407. The van der Waals surface area contributed by atoms with Gasteiger partial charge in [-0.3, -0.25) is 0 Å². The first-order valence-electron chi connectivity index (χ1n) is 5.81. The van der Waals surface area contributed by atoms with Gasteiger partial charge in [-0.25, -0.2) is 0 Å². The van der Waals surface area contributed by atoms with Gasteiger partial charge in [0.05, 0.1) is 0 Å². The molecule has 0 aromatic heterocycles. The maximum atomic E-state index is 9.75. The topological polar surface area (TPSA) is 0 Å². The summed E-state index contributed by atoms with van der Waals surface area (Å²) in [6.45, 7) is 4.35. The van der Waals surface area contributed by atoms with Crippen molar-refractivity contribution >= 4 is 21.8 Å².